The first-order valence-electron chi connectivity index (χ1n) is 8.83. The summed E-state index contributed by atoms with van der Waals surface area (Å²) in [7, 11) is 1.49. The number of alkyl halides is 3. The third kappa shape index (κ3) is 5.37. The van der Waals surface area contributed by atoms with Gasteiger partial charge in [-0.3, -0.25) is 4.68 Å². The molecule has 1 unspecified atom stereocenters. The van der Waals surface area contributed by atoms with E-state index in [1.807, 2.05) is 6.92 Å². The Hall–Kier alpha value is -1.73. The maximum absolute atomic E-state index is 13.1. The third-order valence-electron chi connectivity index (χ3n) is 4.30. The summed E-state index contributed by atoms with van der Waals surface area (Å²) in [6, 6.07) is 0. The molecule has 1 aromatic rings. The number of rotatable bonds is 5. The normalized spacial score (nSPS) is 19.1. The number of halogens is 3. The van der Waals surface area contributed by atoms with Gasteiger partial charge in [0.25, 0.3) is 0 Å². The monoisotopic (exact) mass is 359 g/mol. The van der Waals surface area contributed by atoms with Gasteiger partial charge in [0.05, 0.1) is 6.54 Å². The molecule has 1 aliphatic heterocycles. The van der Waals surface area contributed by atoms with Crippen molar-refractivity contribution < 1.29 is 13.2 Å². The first-order valence-corrected chi connectivity index (χ1v) is 8.83. The van der Waals surface area contributed by atoms with Crippen molar-refractivity contribution in [2.75, 3.05) is 19.6 Å². The van der Waals surface area contributed by atoms with E-state index in [9.17, 15) is 13.2 Å². The van der Waals surface area contributed by atoms with Gasteiger partial charge >= 0.3 is 6.18 Å². The molecule has 25 heavy (non-hydrogen) atoms. The second kappa shape index (κ2) is 8.10. The number of likely N-dealkylation sites (tertiary alicyclic amines) is 1. The highest BCUT2D eigenvalue weighted by atomic mass is 19.4. The molecule has 0 radical (unpaired) electrons. The Labute approximate surface area is 147 Å². The van der Waals surface area contributed by atoms with E-state index in [1.165, 1.54) is 17.9 Å². The molecule has 8 heteroatoms. The van der Waals surface area contributed by atoms with E-state index in [1.54, 1.807) is 0 Å². The van der Waals surface area contributed by atoms with Crippen LogP contribution in [0.15, 0.2) is 11.2 Å². The van der Waals surface area contributed by atoms with Gasteiger partial charge < -0.3 is 10.2 Å². The summed E-state index contributed by atoms with van der Waals surface area (Å²) in [5.41, 5.74) is -0.753. The lowest BCUT2D eigenvalue weighted by Crippen LogP contribution is -2.40. The maximum atomic E-state index is 13.1. The maximum Gasteiger partial charge on any atom is 0.435 e. The molecule has 1 aliphatic rings. The number of hydrogen-bond acceptors (Lipinski definition) is 2. The quantitative estimate of drug-likeness (QED) is 0.648. The first kappa shape index (κ1) is 19.6. The van der Waals surface area contributed by atoms with E-state index in [-0.39, 0.29) is 12.1 Å². The third-order valence-corrected chi connectivity index (χ3v) is 4.30. The lowest BCUT2D eigenvalue weighted by Gasteiger charge is -2.22. The fraction of sp³-hybridized carbons (Fsp3) is 0.765. The molecular weight excluding hydrogens is 331 g/mol. The van der Waals surface area contributed by atoms with Crippen LogP contribution in [0.2, 0.25) is 0 Å². The SMILES string of the molecule is CCNC(=NCc1cn(C)nc1C(F)(F)F)N1CCC(CC(C)C)C1. The topological polar surface area (TPSA) is 45.5 Å². The summed E-state index contributed by atoms with van der Waals surface area (Å²) in [5.74, 6) is 1.95. The number of nitrogens with one attached hydrogen (secondary N) is 1. The van der Waals surface area contributed by atoms with Crippen molar-refractivity contribution in [1.82, 2.24) is 20.0 Å². The number of aliphatic imine (C=N–C) groups is 1. The Bertz CT molecular complexity index is 592. The Balaban J connectivity index is 2.11. The fourth-order valence-electron chi connectivity index (χ4n) is 3.36. The van der Waals surface area contributed by atoms with E-state index in [4.69, 9.17) is 0 Å². The number of nitrogens with zero attached hydrogens (tertiary/aromatic N) is 4. The molecule has 1 aromatic heterocycles. The predicted molar refractivity (Wildman–Crippen MR) is 92.2 cm³/mol. The average molecular weight is 359 g/mol. The van der Waals surface area contributed by atoms with Gasteiger partial charge in [0, 0.05) is 38.4 Å². The van der Waals surface area contributed by atoms with Crippen LogP contribution in [0.3, 0.4) is 0 Å². The molecule has 0 bridgehead atoms. The number of aromatic nitrogens is 2. The molecule has 0 aliphatic carbocycles. The van der Waals surface area contributed by atoms with Crippen molar-refractivity contribution in [3.05, 3.63) is 17.5 Å². The summed E-state index contributed by atoms with van der Waals surface area (Å²) in [6.45, 7) is 8.83. The van der Waals surface area contributed by atoms with Crippen LogP contribution >= 0.6 is 0 Å². The van der Waals surface area contributed by atoms with Crippen LogP contribution in [-0.2, 0) is 19.8 Å². The standard InChI is InChI=1S/C17H28F3N5/c1-5-21-16(25-7-6-13(10-25)8-12(2)3)22-9-14-11-24(4)23-15(14)17(18,19)20/h11-13H,5-10H2,1-4H3,(H,21,22). The van der Waals surface area contributed by atoms with Crippen LogP contribution in [0, 0.1) is 11.8 Å². The molecule has 1 saturated heterocycles. The number of guanidine groups is 1. The zero-order chi connectivity index (χ0) is 18.6. The van der Waals surface area contributed by atoms with Gasteiger partial charge in [-0.25, -0.2) is 4.99 Å². The molecule has 0 spiro atoms. The van der Waals surface area contributed by atoms with Gasteiger partial charge in [0.1, 0.15) is 0 Å². The van der Waals surface area contributed by atoms with Gasteiger partial charge in [0.15, 0.2) is 11.7 Å². The van der Waals surface area contributed by atoms with E-state index >= 15 is 0 Å². The summed E-state index contributed by atoms with van der Waals surface area (Å²) >= 11 is 0. The van der Waals surface area contributed by atoms with Crippen LogP contribution in [0.25, 0.3) is 0 Å². The second-order valence-corrected chi connectivity index (χ2v) is 7.07. The Morgan fingerprint density at radius 2 is 2.16 bits per heavy atom. The van der Waals surface area contributed by atoms with Gasteiger partial charge in [-0.2, -0.15) is 18.3 Å². The van der Waals surface area contributed by atoms with E-state index in [0.717, 1.165) is 25.9 Å². The summed E-state index contributed by atoms with van der Waals surface area (Å²) in [6.07, 6.45) is -0.804. The molecule has 0 saturated carbocycles. The van der Waals surface area contributed by atoms with Crippen molar-refractivity contribution >= 4 is 5.96 Å². The van der Waals surface area contributed by atoms with E-state index in [0.29, 0.717) is 24.3 Å². The highest BCUT2D eigenvalue weighted by Crippen LogP contribution is 2.31. The number of aryl methyl sites for hydroxylation is 1. The van der Waals surface area contributed by atoms with Crippen molar-refractivity contribution in [2.24, 2.45) is 23.9 Å². The second-order valence-electron chi connectivity index (χ2n) is 7.07. The van der Waals surface area contributed by atoms with Crippen molar-refractivity contribution in [1.29, 1.82) is 0 Å². The van der Waals surface area contributed by atoms with Gasteiger partial charge in [-0.15, -0.1) is 0 Å². The minimum Gasteiger partial charge on any atom is -0.357 e. The molecule has 1 atom stereocenters. The highest BCUT2D eigenvalue weighted by molar-refractivity contribution is 5.80. The zero-order valence-corrected chi connectivity index (χ0v) is 15.4. The molecule has 0 aromatic carbocycles. The first-order chi connectivity index (χ1) is 11.7. The van der Waals surface area contributed by atoms with Crippen LogP contribution in [0.4, 0.5) is 13.2 Å². The lowest BCUT2D eigenvalue weighted by atomic mass is 9.97. The van der Waals surface area contributed by atoms with Crippen molar-refractivity contribution in [3.8, 4) is 0 Å². The zero-order valence-electron chi connectivity index (χ0n) is 15.4. The Morgan fingerprint density at radius 1 is 1.44 bits per heavy atom. The molecule has 2 heterocycles. The van der Waals surface area contributed by atoms with E-state index in [2.05, 4.69) is 34.2 Å². The Kier molecular flexibility index (Phi) is 6.35. The van der Waals surface area contributed by atoms with Gasteiger partial charge in [0.2, 0.25) is 0 Å². The highest BCUT2D eigenvalue weighted by Gasteiger charge is 2.36. The van der Waals surface area contributed by atoms with Crippen LogP contribution in [0.1, 0.15) is 44.9 Å². The lowest BCUT2D eigenvalue weighted by molar-refractivity contribution is -0.142. The molecule has 0 amide bonds. The molecule has 2 rings (SSSR count). The number of hydrogen-bond donors (Lipinski definition) is 1. The molecule has 1 N–H and O–H groups in total. The minimum atomic E-state index is -4.46. The average Bonchev–Trinajstić information content (AvgIpc) is 3.09. The largest absolute Gasteiger partial charge is 0.435 e. The van der Waals surface area contributed by atoms with Crippen LogP contribution < -0.4 is 5.32 Å². The summed E-state index contributed by atoms with van der Waals surface area (Å²) in [4.78, 5) is 6.60. The van der Waals surface area contributed by atoms with E-state index < -0.39 is 11.9 Å². The van der Waals surface area contributed by atoms with Gasteiger partial charge in [-0.1, -0.05) is 13.8 Å². The molecule has 142 valence electrons. The molecule has 5 nitrogen and oxygen atoms in total. The molecular formula is C17H28F3N5. The fourth-order valence-corrected chi connectivity index (χ4v) is 3.36. The summed E-state index contributed by atoms with van der Waals surface area (Å²) in [5, 5.41) is 6.74. The molecule has 1 fully saturated rings. The van der Waals surface area contributed by atoms with Crippen LogP contribution in [-0.4, -0.2) is 40.3 Å². The summed E-state index contributed by atoms with van der Waals surface area (Å²) < 4.78 is 40.4. The van der Waals surface area contributed by atoms with Crippen molar-refractivity contribution in [3.63, 3.8) is 0 Å². The van der Waals surface area contributed by atoms with Crippen LogP contribution in [0.5, 0.6) is 0 Å². The van der Waals surface area contributed by atoms with Gasteiger partial charge in [-0.05, 0) is 31.6 Å². The van der Waals surface area contributed by atoms with Crippen molar-refractivity contribution in [2.45, 2.75) is 46.3 Å². The predicted octanol–water partition coefficient (Wildman–Crippen LogP) is 3.27. The smallest absolute Gasteiger partial charge is 0.357 e. The minimum absolute atomic E-state index is 0.0314. The Morgan fingerprint density at radius 3 is 2.76 bits per heavy atom.